The Labute approximate surface area is 170 Å². The van der Waals surface area contributed by atoms with Gasteiger partial charge in [-0.25, -0.2) is 14.5 Å². The fraction of sp³-hybridized carbons (Fsp3) is 0.111. The predicted octanol–water partition coefficient (Wildman–Crippen LogP) is 2.32. The highest BCUT2D eigenvalue weighted by molar-refractivity contribution is 7.99. The SMILES string of the molecule is COc1ccc(NC(=O)CSc2nnc(N/N=C/c3ccc(F)cc3)n2N)cc1. The number of nitrogens with zero attached hydrogens (tertiary/aromatic N) is 4. The predicted molar refractivity (Wildman–Crippen MR) is 110 cm³/mol. The van der Waals surface area contributed by atoms with Gasteiger partial charge < -0.3 is 15.9 Å². The first kappa shape index (κ1) is 20.1. The number of benzene rings is 2. The highest BCUT2D eigenvalue weighted by Gasteiger charge is 2.12. The minimum atomic E-state index is -0.325. The van der Waals surface area contributed by atoms with Crippen LogP contribution in [0.4, 0.5) is 16.0 Å². The van der Waals surface area contributed by atoms with Gasteiger partial charge in [0, 0.05) is 5.69 Å². The number of carbonyl (C=O) groups is 1. The Hall–Kier alpha value is -3.60. The van der Waals surface area contributed by atoms with Crippen LogP contribution in [0.5, 0.6) is 5.75 Å². The molecule has 0 saturated carbocycles. The Morgan fingerprint density at radius 3 is 2.66 bits per heavy atom. The standard InChI is InChI=1S/C18H18FN7O2S/c1-28-15-8-6-14(7-9-15)22-16(27)11-29-18-25-24-17(26(18)20)23-21-10-12-2-4-13(19)5-3-12/h2-10H,11,20H2,1H3,(H,22,27)(H,23,24)/b21-10+. The topological polar surface area (TPSA) is 119 Å². The highest BCUT2D eigenvalue weighted by Crippen LogP contribution is 2.18. The molecule has 0 spiro atoms. The first-order valence-corrected chi connectivity index (χ1v) is 9.35. The summed E-state index contributed by atoms with van der Waals surface area (Å²) in [5, 5.41) is 14.9. The zero-order chi connectivity index (χ0) is 20.6. The monoisotopic (exact) mass is 415 g/mol. The number of halogens is 1. The van der Waals surface area contributed by atoms with E-state index in [4.69, 9.17) is 10.6 Å². The lowest BCUT2D eigenvalue weighted by atomic mass is 10.2. The Morgan fingerprint density at radius 2 is 1.97 bits per heavy atom. The Balaban J connectivity index is 1.50. The molecule has 0 atom stereocenters. The summed E-state index contributed by atoms with van der Waals surface area (Å²) in [5.74, 6) is 6.37. The van der Waals surface area contributed by atoms with Gasteiger partial charge in [0.05, 0.1) is 19.1 Å². The van der Waals surface area contributed by atoms with Gasteiger partial charge in [0.15, 0.2) is 0 Å². The molecule has 0 radical (unpaired) electrons. The van der Waals surface area contributed by atoms with Crippen molar-refractivity contribution in [2.24, 2.45) is 5.10 Å². The molecule has 0 saturated heterocycles. The molecule has 4 N–H and O–H groups in total. The summed E-state index contributed by atoms with van der Waals surface area (Å²) >= 11 is 1.13. The highest BCUT2D eigenvalue weighted by atomic mass is 32.2. The summed E-state index contributed by atoms with van der Waals surface area (Å²) in [6, 6.07) is 12.8. The van der Waals surface area contributed by atoms with Crippen LogP contribution < -0.4 is 21.3 Å². The molecule has 11 heteroatoms. The lowest BCUT2D eigenvalue weighted by Gasteiger charge is -2.06. The maximum absolute atomic E-state index is 12.9. The van der Waals surface area contributed by atoms with E-state index in [1.165, 1.54) is 23.0 Å². The average molecular weight is 415 g/mol. The number of ether oxygens (including phenoxy) is 1. The zero-order valence-corrected chi connectivity index (χ0v) is 16.2. The van der Waals surface area contributed by atoms with E-state index in [0.29, 0.717) is 22.2 Å². The number of aromatic nitrogens is 3. The van der Waals surface area contributed by atoms with Crippen molar-refractivity contribution in [1.82, 2.24) is 14.9 Å². The van der Waals surface area contributed by atoms with Crippen LogP contribution in [-0.4, -0.2) is 39.9 Å². The third kappa shape index (κ3) is 5.69. The number of methoxy groups -OCH3 is 1. The molecule has 150 valence electrons. The normalized spacial score (nSPS) is 10.8. The van der Waals surface area contributed by atoms with Gasteiger partial charge >= 0.3 is 0 Å². The summed E-state index contributed by atoms with van der Waals surface area (Å²) in [6.07, 6.45) is 1.49. The second-order valence-corrected chi connectivity index (χ2v) is 6.61. The first-order chi connectivity index (χ1) is 14.0. The molecule has 0 fully saturated rings. The number of nitrogen functional groups attached to an aromatic ring is 1. The van der Waals surface area contributed by atoms with E-state index in [1.54, 1.807) is 43.5 Å². The summed E-state index contributed by atoms with van der Waals surface area (Å²) in [4.78, 5) is 12.1. The lowest BCUT2D eigenvalue weighted by molar-refractivity contribution is -0.113. The van der Waals surface area contributed by atoms with Gasteiger partial charge in [0.1, 0.15) is 11.6 Å². The van der Waals surface area contributed by atoms with Crippen molar-refractivity contribution in [2.75, 3.05) is 29.4 Å². The second kappa shape index (κ2) is 9.55. The largest absolute Gasteiger partial charge is 0.497 e. The minimum absolute atomic E-state index is 0.0974. The van der Waals surface area contributed by atoms with Gasteiger partial charge in [-0.2, -0.15) is 5.10 Å². The molecule has 0 bridgehead atoms. The van der Waals surface area contributed by atoms with Gasteiger partial charge in [0.25, 0.3) is 5.95 Å². The van der Waals surface area contributed by atoms with E-state index in [1.807, 2.05) is 0 Å². The molecular formula is C18H18FN7O2S. The minimum Gasteiger partial charge on any atom is -0.497 e. The van der Waals surface area contributed by atoms with Crippen LogP contribution in [0.15, 0.2) is 58.8 Å². The van der Waals surface area contributed by atoms with Crippen LogP contribution >= 0.6 is 11.8 Å². The Kier molecular flexibility index (Phi) is 6.63. The molecule has 0 aliphatic heterocycles. The molecule has 0 aliphatic rings. The van der Waals surface area contributed by atoms with Crippen molar-refractivity contribution in [1.29, 1.82) is 0 Å². The van der Waals surface area contributed by atoms with E-state index in [0.717, 1.165) is 11.8 Å². The molecular weight excluding hydrogens is 397 g/mol. The van der Waals surface area contributed by atoms with Crippen LogP contribution in [-0.2, 0) is 4.79 Å². The van der Waals surface area contributed by atoms with Gasteiger partial charge in [-0.15, -0.1) is 10.2 Å². The van der Waals surface area contributed by atoms with Gasteiger partial charge in [-0.05, 0) is 42.0 Å². The van der Waals surface area contributed by atoms with E-state index < -0.39 is 0 Å². The second-order valence-electron chi connectivity index (χ2n) is 5.66. The summed E-state index contributed by atoms with van der Waals surface area (Å²) in [6.45, 7) is 0. The number of rotatable bonds is 8. The average Bonchev–Trinajstić information content (AvgIpc) is 3.08. The van der Waals surface area contributed by atoms with Crippen molar-refractivity contribution < 1.29 is 13.9 Å². The van der Waals surface area contributed by atoms with Gasteiger partial charge in [0.2, 0.25) is 11.1 Å². The van der Waals surface area contributed by atoms with Crippen LogP contribution in [0.1, 0.15) is 5.56 Å². The number of anilines is 2. The number of nitrogens with two attached hydrogens (primary N) is 1. The maximum atomic E-state index is 12.9. The number of thioether (sulfide) groups is 1. The summed E-state index contributed by atoms with van der Waals surface area (Å²) in [7, 11) is 1.57. The lowest BCUT2D eigenvalue weighted by Crippen LogP contribution is -2.16. The molecule has 29 heavy (non-hydrogen) atoms. The quantitative estimate of drug-likeness (QED) is 0.223. The fourth-order valence-electron chi connectivity index (χ4n) is 2.17. The van der Waals surface area contributed by atoms with Gasteiger partial charge in [-0.1, -0.05) is 23.9 Å². The zero-order valence-electron chi connectivity index (χ0n) is 15.4. The maximum Gasteiger partial charge on any atom is 0.264 e. The van der Waals surface area contributed by atoms with Crippen molar-refractivity contribution in [3.63, 3.8) is 0 Å². The smallest absolute Gasteiger partial charge is 0.264 e. The first-order valence-electron chi connectivity index (χ1n) is 8.37. The van der Waals surface area contributed by atoms with Crippen molar-refractivity contribution in [3.8, 4) is 5.75 Å². The van der Waals surface area contributed by atoms with Gasteiger partial charge in [-0.3, -0.25) is 4.79 Å². The molecule has 3 rings (SSSR count). The van der Waals surface area contributed by atoms with Crippen molar-refractivity contribution in [3.05, 3.63) is 59.9 Å². The molecule has 2 aromatic carbocycles. The van der Waals surface area contributed by atoms with Crippen molar-refractivity contribution >= 4 is 35.5 Å². The Morgan fingerprint density at radius 1 is 1.24 bits per heavy atom. The number of hydrogen-bond acceptors (Lipinski definition) is 8. The molecule has 0 aliphatic carbocycles. The number of hydrazone groups is 1. The van der Waals surface area contributed by atoms with E-state index >= 15 is 0 Å². The van der Waals surface area contributed by atoms with Crippen molar-refractivity contribution in [2.45, 2.75) is 5.16 Å². The van der Waals surface area contributed by atoms with E-state index in [2.05, 4.69) is 26.0 Å². The van der Waals surface area contributed by atoms with Crippen LogP contribution in [0.3, 0.4) is 0 Å². The Bertz CT molecular complexity index is 990. The van der Waals surface area contributed by atoms with Crippen LogP contribution in [0.2, 0.25) is 0 Å². The number of hydrogen-bond donors (Lipinski definition) is 3. The number of amides is 1. The third-order valence-corrected chi connectivity index (χ3v) is 4.56. The number of carbonyl (C=O) groups excluding carboxylic acids is 1. The van der Waals surface area contributed by atoms with E-state index in [9.17, 15) is 9.18 Å². The molecule has 0 unspecified atom stereocenters. The summed E-state index contributed by atoms with van der Waals surface area (Å²) < 4.78 is 19.1. The fourth-order valence-corrected chi connectivity index (χ4v) is 2.82. The third-order valence-electron chi connectivity index (χ3n) is 3.62. The number of nitrogens with one attached hydrogen (secondary N) is 2. The molecule has 3 aromatic rings. The van der Waals surface area contributed by atoms with E-state index in [-0.39, 0.29) is 23.4 Å². The van der Waals surface area contributed by atoms with Crippen LogP contribution in [0, 0.1) is 5.82 Å². The van der Waals surface area contributed by atoms with Crippen LogP contribution in [0.25, 0.3) is 0 Å². The molecule has 1 amide bonds. The summed E-state index contributed by atoms with van der Waals surface area (Å²) in [5.41, 5.74) is 4.01. The molecule has 1 aromatic heterocycles. The molecule has 1 heterocycles. The molecule has 9 nitrogen and oxygen atoms in total.